The van der Waals surface area contributed by atoms with Crippen molar-refractivity contribution in [2.24, 2.45) is 11.8 Å². The number of aryl methyl sites for hydroxylation is 2. The lowest BCUT2D eigenvalue weighted by molar-refractivity contribution is -0.121. The lowest BCUT2D eigenvalue weighted by atomic mass is 9.84. The number of methoxy groups -OCH3 is 1. The van der Waals surface area contributed by atoms with Crippen LogP contribution < -0.4 is 4.74 Å². The summed E-state index contributed by atoms with van der Waals surface area (Å²) in [4.78, 5) is 72.3. The molecule has 0 bridgehead atoms. The number of Topliss-reactive ketones (excluding diaryl/α,β-unsaturated/α-hetero) is 1. The number of benzene rings is 1. The van der Waals surface area contributed by atoms with E-state index < -0.39 is 11.2 Å². The molecule has 8 rings (SSSR count). The molecule has 0 saturated carbocycles. The van der Waals surface area contributed by atoms with E-state index in [1.807, 2.05) is 65.2 Å². The topological polar surface area (TPSA) is 165 Å². The minimum atomic E-state index is -0.460. The van der Waals surface area contributed by atoms with Crippen molar-refractivity contribution in [1.29, 1.82) is 0 Å². The molecule has 3 amide bonds. The number of nitrogens with zero attached hydrogens (tertiary/aromatic N) is 9. The maximum atomic E-state index is 13.2. The second-order valence-corrected chi connectivity index (χ2v) is 24.6. The van der Waals surface area contributed by atoms with Gasteiger partial charge in [-0.05, 0) is 176 Å². The van der Waals surface area contributed by atoms with Crippen LogP contribution in [0.3, 0.4) is 0 Å². The standard InChI is InChI=1S/C31H46N6O2.C17H32N2O3.C10H17NO3/c1-24-29(25(2)33-23-32-24)30(38)36-15-11-31(3,12-16-36)37-13-9-27(10-14-37)22-35-19-17-34(18-20-35)21-26-5-7-28(39-4)8-6-26;1-16(2,3)22-15(21)18-11-7-17(4,8-12-18)19-9-5-14(13-20)6-10-19;1-10(2,3)14-9(13)11-6-4-8(12)5-7-11/h5-8,23,27H,9-22H2,1-4H3;14,20H,5-13H2,1-4H3;4-7H2,1-3H3. The van der Waals surface area contributed by atoms with E-state index in [0.29, 0.717) is 44.0 Å². The van der Waals surface area contributed by atoms with Crippen LogP contribution in [0.1, 0.15) is 147 Å². The van der Waals surface area contributed by atoms with E-state index in [1.165, 1.54) is 51.1 Å². The summed E-state index contributed by atoms with van der Waals surface area (Å²) in [6.07, 6.45) is 10.8. The molecular formula is C58H95N9O8. The van der Waals surface area contributed by atoms with Crippen LogP contribution in [0.4, 0.5) is 9.59 Å². The first-order chi connectivity index (χ1) is 35.5. The molecule has 6 aliphatic rings. The van der Waals surface area contributed by atoms with Gasteiger partial charge in [0.15, 0.2) is 0 Å². The quantitative estimate of drug-likeness (QED) is 0.260. The maximum absolute atomic E-state index is 13.2. The molecule has 0 aliphatic carbocycles. The van der Waals surface area contributed by atoms with Gasteiger partial charge in [-0.2, -0.15) is 0 Å². The largest absolute Gasteiger partial charge is 0.497 e. The Labute approximate surface area is 450 Å². The Kier molecular flexibility index (Phi) is 21.3. The molecule has 17 nitrogen and oxygen atoms in total. The van der Waals surface area contributed by atoms with Crippen LogP contribution in [0.25, 0.3) is 0 Å². The average molecular weight is 1050 g/mol. The molecule has 0 radical (unpaired) electrons. The smallest absolute Gasteiger partial charge is 0.410 e. The van der Waals surface area contributed by atoms with E-state index in [1.54, 1.807) is 18.3 Å². The van der Waals surface area contributed by atoms with E-state index in [4.69, 9.17) is 14.2 Å². The van der Waals surface area contributed by atoms with Crippen LogP contribution in [0.5, 0.6) is 5.75 Å². The number of likely N-dealkylation sites (tertiary alicyclic amines) is 5. The maximum Gasteiger partial charge on any atom is 0.410 e. The summed E-state index contributed by atoms with van der Waals surface area (Å²) in [6, 6.07) is 8.48. The molecule has 1 aromatic heterocycles. The van der Waals surface area contributed by atoms with E-state index in [9.17, 15) is 24.3 Å². The molecule has 6 aliphatic heterocycles. The predicted molar refractivity (Wildman–Crippen MR) is 293 cm³/mol. The molecule has 0 unspecified atom stereocenters. The summed E-state index contributed by atoms with van der Waals surface area (Å²) in [7, 11) is 1.72. The number of ketones is 1. The van der Waals surface area contributed by atoms with E-state index in [2.05, 4.69) is 67.7 Å². The molecule has 6 saturated heterocycles. The fraction of sp³-hybridized carbons (Fsp3) is 0.759. The lowest BCUT2D eigenvalue weighted by Crippen LogP contribution is -2.57. The summed E-state index contributed by atoms with van der Waals surface area (Å²) in [5.74, 6) is 2.51. The number of amides is 3. The second-order valence-electron chi connectivity index (χ2n) is 24.6. The van der Waals surface area contributed by atoms with Gasteiger partial charge in [0.25, 0.3) is 5.91 Å². The van der Waals surface area contributed by atoms with Crippen molar-refractivity contribution in [3.63, 3.8) is 0 Å². The number of hydrogen-bond donors (Lipinski definition) is 1. The monoisotopic (exact) mass is 1050 g/mol. The minimum absolute atomic E-state index is 0.0930. The third-order valence-electron chi connectivity index (χ3n) is 16.6. The van der Waals surface area contributed by atoms with Crippen LogP contribution in [0, 0.1) is 25.7 Å². The molecular weight excluding hydrogens is 951 g/mol. The van der Waals surface area contributed by atoms with Crippen molar-refractivity contribution in [3.05, 3.63) is 53.1 Å². The van der Waals surface area contributed by atoms with Crippen molar-refractivity contribution >= 4 is 23.9 Å². The number of hydrogen-bond acceptors (Lipinski definition) is 14. The summed E-state index contributed by atoms with van der Waals surface area (Å²) in [6.45, 7) is 35.6. The van der Waals surface area contributed by atoms with E-state index in [-0.39, 0.29) is 35.0 Å². The normalized spacial score (nSPS) is 21.8. The molecule has 0 spiro atoms. The second kappa shape index (κ2) is 26.8. The Morgan fingerprint density at radius 2 is 1.04 bits per heavy atom. The summed E-state index contributed by atoms with van der Waals surface area (Å²) >= 11 is 0. The van der Waals surface area contributed by atoms with Crippen LogP contribution in [-0.2, 0) is 20.8 Å². The first-order valence-electron chi connectivity index (χ1n) is 28.2. The highest BCUT2D eigenvalue weighted by Gasteiger charge is 2.41. The van der Waals surface area contributed by atoms with Crippen molar-refractivity contribution in [1.82, 2.24) is 44.3 Å². The van der Waals surface area contributed by atoms with Crippen molar-refractivity contribution in [2.45, 2.75) is 162 Å². The minimum Gasteiger partial charge on any atom is -0.497 e. The van der Waals surface area contributed by atoms with Crippen molar-refractivity contribution in [3.8, 4) is 5.75 Å². The van der Waals surface area contributed by atoms with Crippen molar-refractivity contribution < 1.29 is 38.5 Å². The molecule has 420 valence electrons. The number of aliphatic hydroxyl groups excluding tert-OH is 1. The summed E-state index contributed by atoms with van der Waals surface area (Å²) < 4.78 is 15.9. The van der Waals surface area contributed by atoms with Gasteiger partial charge in [0, 0.05) is 109 Å². The van der Waals surface area contributed by atoms with Gasteiger partial charge in [0.05, 0.1) is 24.1 Å². The number of carbonyl (C=O) groups is 4. The number of rotatable bonds is 9. The third-order valence-corrected chi connectivity index (χ3v) is 16.6. The van der Waals surface area contributed by atoms with Gasteiger partial charge in [-0.3, -0.25) is 24.3 Å². The highest BCUT2D eigenvalue weighted by Crippen LogP contribution is 2.35. The molecule has 0 atom stereocenters. The van der Waals surface area contributed by atoms with Gasteiger partial charge in [0.1, 0.15) is 29.1 Å². The zero-order chi connectivity index (χ0) is 54.6. The van der Waals surface area contributed by atoms with Crippen LogP contribution >= 0.6 is 0 Å². The predicted octanol–water partition coefficient (Wildman–Crippen LogP) is 7.69. The van der Waals surface area contributed by atoms with Crippen LogP contribution in [0.15, 0.2) is 30.6 Å². The van der Waals surface area contributed by atoms with E-state index in [0.717, 1.165) is 120 Å². The molecule has 1 aromatic carbocycles. The number of carbonyl (C=O) groups excluding carboxylic acids is 4. The van der Waals surface area contributed by atoms with Gasteiger partial charge in [-0.1, -0.05) is 12.1 Å². The number of piperazine rings is 1. The Morgan fingerprint density at radius 1 is 0.613 bits per heavy atom. The zero-order valence-electron chi connectivity index (χ0n) is 48.0. The number of piperidine rings is 5. The molecule has 75 heavy (non-hydrogen) atoms. The van der Waals surface area contributed by atoms with Crippen molar-refractivity contribution in [2.75, 3.05) is 112 Å². The Balaban J connectivity index is 0.000000212. The SMILES string of the molecule is CC(C)(C)OC(=O)N1CCC(=O)CC1.CC(C)(C)OC(=O)N1CCC(C)(N2CCC(CO)CC2)CC1.COc1ccc(CN2CCN(CC3CCN(C4(C)CCN(C(=O)c5c(C)ncnc5C)CC4)CC3)CC2)cc1. The summed E-state index contributed by atoms with van der Waals surface area (Å²) in [5, 5.41) is 9.26. The third kappa shape index (κ3) is 17.8. The number of ether oxygens (including phenoxy) is 3. The van der Waals surface area contributed by atoms with Gasteiger partial charge in [0.2, 0.25) is 0 Å². The Hall–Kier alpha value is -4.42. The van der Waals surface area contributed by atoms with Gasteiger partial charge >= 0.3 is 12.2 Å². The first-order valence-corrected chi connectivity index (χ1v) is 28.2. The highest BCUT2D eigenvalue weighted by molar-refractivity contribution is 5.96. The highest BCUT2D eigenvalue weighted by atomic mass is 16.6. The molecule has 7 heterocycles. The zero-order valence-corrected chi connectivity index (χ0v) is 48.0. The number of aromatic nitrogens is 2. The summed E-state index contributed by atoms with van der Waals surface area (Å²) in [5.41, 5.74) is 3.08. The lowest BCUT2D eigenvalue weighted by Gasteiger charge is -2.49. The molecule has 1 N–H and O–H groups in total. The average Bonchev–Trinajstić information content (AvgIpc) is 3.37. The molecule has 6 fully saturated rings. The van der Waals surface area contributed by atoms with Crippen LogP contribution in [0.2, 0.25) is 0 Å². The molecule has 2 aromatic rings. The Morgan fingerprint density at radius 3 is 1.48 bits per heavy atom. The molecule has 17 heteroatoms. The first kappa shape index (κ1) is 59.8. The van der Waals surface area contributed by atoms with Gasteiger partial charge < -0.3 is 38.9 Å². The fourth-order valence-electron chi connectivity index (χ4n) is 11.4. The van der Waals surface area contributed by atoms with E-state index >= 15 is 0 Å². The van der Waals surface area contributed by atoms with Crippen LogP contribution in [-0.4, -0.2) is 207 Å². The van der Waals surface area contributed by atoms with Gasteiger partial charge in [-0.15, -0.1) is 0 Å². The number of aliphatic hydroxyl groups is 1. The van der Waals surface area contributed by atoms with Gasteiger partial charge in [-0.25, -0.2) is 19.6 Å². The Bertz CT molecular complexity index is 2110. The fourth-order valence-corrected chi connectivity index (χ4v) is 11.4.